The van der Waals surface area contributed by atoms with E-state index in [0.29, 0.717) is 5.69 Å². The number of rotatable bonds is 5. The van der Waals surface area contributed by atoms with Crippen LogP contribution in [0.25, 0.3) is 16.9 Å². The van der Waals surface area contributed by atoms with Crippen molar-refractivity contribution >= 4 is 22.6 Å². The van der Waals surface area contributed by atoms with Gasteiger partial charge < -0.3 is 11.1 Å². The van der Waals surface area contributed by atoms with E-state index in [4.69, 9.17) is 5.73 Å². The predicted octanol–water partition coefficient (Wildman–Crippen LogP) is 4.91. The van der Waals surface area contributed by atoms with Gasteiger partial charge in [0.15, 0.2) is 5.69 Å². The summed E-state index contributed by atoms with van der Waals surface area (Å²) in [6, 6.07) is 12.7. The third-order valence-corrected chi connectivity index (χ3v) is 5.24. The van der Waals surface area contributed by atoms with Crippen molar-refractivity contribution in [2.24, 2.45) is 5.73 Å². The van der Waals surface area contributed by atoms with E-state index in [1.165, 1.54) is 17.6 Å². The van der Waals surface area contributed by atoms with E-state index in [1.807, 2.05) is 30.3 Å². The molecule has 0 aliphatic rings. The number of nitrogens with two attached hydrogens (primary N) is 1. The van der Waals surface area contributed by atoms with Crippen molar-refractivity contribution in [3.05, 3.63) is 82.4 Å². The molecule has 3 N–H and O–H groups in total. The summed E-state index contributed by atoms with van der Waals surface area (Å²) in [6.07, 6.45) is -4.74. The molecule has 2 aromatic carbocycles. The molecule has 0 aliphatic heterocycles. The van der Waals surface area contributed by atoms with Gasteiger partial charge in [0, 0.05) is 23.2 Å². The molecule has 0 fully saturated rings. The normalized spacial score (nSPS) is 11.7. The van der Waals surface area contributed by atoms with Crippen molar-refractivity contribution in [1.29, 1.82) is 0 Å². The van der Waals surface area contributed by atoms with Crippen LogP contribution in [-0.4, -0.2) is 20.4 Å². The highest BCUT2D eigenvalue weighted by Crippen LogP contribution is 2.35. The van der Waals surface area contributed by atoms with Crippen molar-refractivity contribution in [3.63, 3.8) is 0 Å². The van der Waals surface area contributed by atoms with E-state index in [-0.39, 0.29) is 40.3 Å². The zero-order valence-corrected chi connectivity index (χ0v) is 17.7. The van der Waals surface area contributed by atoms with Gasteiger partial charge in [0.25, 0.3) is 0 Å². The minimum absolute atomic E-state index is 0.0102. The van der Waals surface area contributed by atoms with Crippen LogP contribution in [0.4, 0.5) is 23.4 Å². The van der Waals surface area contributed by atoms with Crippen LogP contribution in [0.3, 0.4) is 0 Å². The van der Waals surface area contributed by atoms with Gasteiger partial charge in [-0.1, -0.05) is 30.3 Å². The number of anilines is 1. The average Bonchev–Trinajstić information content (AvgIpc) is 3.07. The summed E-state index contributed by atoms with van der Waals surface area (Å²) < 4.78 is 56.9. The standard InChI is InChI=1S/C23H19F4N5O/c1-12-8-16-17(20(28)33)9-15(24)10-18(16)32(12)22-30-19(23(25,26)27)13(2)21(31-22)29-11-14-6-4-3-5-7-14/h3-10H,11H2,1-2H3,(H2,28,33)(H,29,30,31). The fourth-order valence-electron chi connectivity index (χ4n) is 3.71. The number of carbonyl (C=O) groups excluding carboxylic acids is 1. The van der Waals surface area contributed by atoms with Gasteiger partial charge in [-0.3, -0.25) is 9.36 Å². The zero-order valence-electron chi connectivity index (χ0n) is 17.7. The summed E-state index contributed by atoms with van der Waals surface area (Å²) in [6.45, 7) is 3.11. The predicted molar refractivity (Wildman–Crippen MR) is 116 cm³/mol. The monoisotopic (exact) mass is 457 g/mol. The number of benzene rings is 2. The molecule has 4 aromatic rings. The number of aromatic nitrogens is 3. The molecule has 0 saturated carbocycles. The number of amides is 1. The number of hydrogen-bond acceptors (Lipinski definition) is 4. The molecular weight excluding hydrogens is 438 g/mol. The van der Waals surface area contributed by atoms with E-state index in [0.717, 1.165) is 17.7 Å². The average molecular weight is 457 g/mol. The minimum Gasteiger partial charge on any atom is -0.366 e. The number of hydrogen-bond donors (Lipinski definition) is 2. The molecule has 1 amide bonds. The molecule has 0 spiro atoms. The third kappa shape index (κ3) is 4.23. The smallest absolute Gasteiger partial charge is 0.366 e. The topological polar surface area (TPSA) is 85.8 Å². The SMILES string of the molecule is Cc1c(NCc2ccccc2)nc(-n2c(C)cc3c(C(N)=O)cc(F)cc32)nc1C(F)(F)F. The van der Waals surface area contributed by atoms with Gasteiger partial charge in [-0.25, -0.2) is 9.37 Å². The second kappa shape index (κ2) is 8.19. The number of halogens is 4. The molecule has 6 nitrogen and oxygen atoms in total. The van der Waals surface area contributed by atoms with Gasteiger partial charge in [-0.2, -0.15) is 18.2 Å². The van der Waals surface area contributed by atoms with Gasteiger partial charge in [0.05, 0.1) is 11.1 Å². The molecule has 0 atom stereocenters. The summed E-state index contributed by atoms with van der Waals surface area (Å²) in [5.41, 5.74) is 5.38. The molecule has 170 valence electrons. The molecule has 33 heavy (non-hydrogen) atoms. The first-order valence-corrected chi connectivity index (χ1v) is 9.91. The highest BCUT2D eigenvalue weighted by Gasteiger charge is 2.37. The first-order valence-electron chi connectivity index (χ1n) is 9.91. The number of primary amides is 1. The highest BCUT2D eigenvalue weighted by molar-refractivity contribution is 6.06. The molecule has 2 heterocycles. The third-order valence-electron chi connectivity index (χ3n) is 5.24. The number of nitrogens with zero attached hydrogens (tertiary/aromatic N) is 3. The second-order valence-corrected chi connectivity index (χ2v) is 7.55. The first-order chi connectivity index (χ1) is 15.6. The highest BCUT2D eigenvalue weighted by atomic mass is 19.4. The van der Waals surface area contributed by atoms with Crippen LogP contribution in [0.5, 0.6) is 0 Å². The summed E-state index contributed by atoms with van der Waals surface area (Å²) in [5, 5.41) is 3.23. The fraction of sp³-hybridized carbons (Fsp3) is 0.174. The Morgan fingerprint density at radius 3 is 2.42 bits per heavy atom. The maximum Gasteiger partial charge on any atom is 0.433 e. The quantitative estimate of drug-likeness (QED) is 0.417. The lowest BCUT2D eigenvalue weighted by Gasteiger charge is -2.17. The molecule has 0 radical (unpaired) electrons. The Bertz CT molecular complexity index is 1360. The Balaban J connectivity index is 1.91. The van der Waals surface area contributed by atoms with Crippen LogP contribution >= 0.6 is 0 Å². The Labute approximate surface area is 186 Å². The maximum atomic E-state index is 14.2. The number of fused-ring (bicyclic) bond motifs is 1. The van der Waals surface area contributed by atoms with Crippen molar-refractivity contribution in [2.45, 2.75) is 26.6 Å². The van der Waals surface area contributed by atoms with Crippen LogP contribution in [0.1, 0.15) is 32.9 Å². The Morgan fingerprint density at radius 1 is 1.09 bits per heavy atom. The minimum atomic E-state index is -4.74. The number of nitrogens with one attached hydrogen (secondary N) is 1. The Kier molecular flexibility index (Phi) is 5.52. The van der Waals surface area contributed by atoms with Crippen molar-refractivity contribution in [2.75, 3.05) is 5.32 Å². The number of alkyl halides is 3. The molecular formula is C23H19F4N5O. The summed E-state index contributed by atoms with van der Waals surface area (Å²) >= 11 is 0. The fourth-order valence-corrected chi connectivity index (χ4v) is 3.71. The molecule has 4 rings (SSSR count). The van der Waals surface area contributed by atoms with Crippen molar-refractivity contribution in [3.8, 4) is 5.95 Å². The maximum absolute atomic E-state index is 14.2. The van der Waals surface area contributed by atoms with Gasteiger partial charge in [-0.15, -0.1) is 0 Å². The molecule has 0 bridgehead atoms. The molecule has 2 aromatic heterocycles. The Hall–Kier alpha value is -3.95. The Morgan fingerprint density at radius 2 is 1.79 bits per heavy atom. The van der Waals surface area contributed by atoms with E-state index in [9.17, 15) is 22.4 Å². The van der Waals surface area contributed by atoms with Crippen LogP contribution < -0.4 is 11.1 Å². The van der Waals surface area contributed by atoms with E-state index >= 15 is 0 Å². The van der Waals surface area contributed by atoms with E-state index in [2.05, 4.69) is 15.3 Å². The van der Waals surface area contributed by atoms with Crippen LogP contribution in [0.2, 0.25) is 0 Å². The van der Waals surface area contributed by atoms with Gasteiger partial charge >= 0.3 is 6.18 Å². The van der Waals surface area contributed by atoms with Gasteiger partial charge in [0.1, 0.15) is 11.6 Å². The van der Waals surface area contributed by atoms with Crippen LogP contribution in [0.15, 0.2) is 48.5 Å². The lowest BCUT2D eigenvalue weighted by Crippen LogP contribution is -2.18. The number of aryl methyl sites for hydroxylation is 1. The zero-order chi connectivity index (χ0) is 23.9. The van der Waals surface area contributed by atoms with E-state index in [1.54, 1.807) is 6.92 Å². The molecule has 10 heteroatoms. The van der Waals surface area contributed by atoms with Gasteiger partial charge in [-0.05, 0) is 37.6 Å². The molecule has 0 aliphatic carbocycles. The summed E-state index contributed by atoms with van der Waals surface area (Å²) in [4.78, 5) is 19.9. The first kappa shape index (κ1) is 22.3. The largest absolute Gasteiger partial charge is 0.433 e. The summed E-state index contributed by atoms with van der Waals surface area (Å²) in [7, 11) is 0. The van der Waals surface area contributed by atoms with Crippen LogP contribution in [-0.2, 0) is 12.7 Å². The van der Waals surface area contributed by atoms with Crippen LogP contribution in [0, 0.1) is 19.7 Å². The van der Waals surface area contributed by atoms with Crippen molar-refractivity contribution in [1.82, 2.24) is 14.5 Å². The van der Waals surface area contributed by atoms with Gasteiger partial charge in [0.2, 0.25) is 11.9 Å². The molecule has 0 saturated heterocycles. The number of carbonyl (C=O) groups is 1. The lowest BCUT2D eigenvalue weighted by atomic mass is 10.1. The van der Waals surface area contributed by atoms with E-state index < -0.39 is 23.6 Å². The second-order valence-electron chi connectivity index (χ2n) is 7.55. The van der Waals surface area contributed by atoms with Crippen molar-refractivity contribution < 1.29 is 22.4 Å². The molecule has 0 unspecified atom stereocenters. The summed E-state index contributed by atoms with van der Waals surface area (Å²) in [5.74, 6) is -1.94. The lowest BCUT2D eigenvalue weighted by molar-refractivity contribution is -0.141.